The van der Waals surface area contributed by atoms with Gasteiger partial charge >= 0.3 is 24.1 Å². The molecule has 0 bridgehead atoms. The molecule has 2 aromatic rings. The maximum atomic E-state index is 12.5. The molecule has 0 aliphatic rings. The van der Waals surface area contributed by atoms with Gasteiger partial charge in [-0.3, -0.25) is 0 Å². The molecule has 0 saturated carbocycles. The van der Waals surface area contributed by atoms with Crippen molar-refractivity contribution in [3.63, 3.8) is 0 Å². The molecule has 2 unspecified atom stereocenters. The number of nitrogens with one attached hydrogen (secondary N) is 2. The van der Waals surface area contributed by atoms with Crippen molar-refractivity contribution in [2.24, 2.45) is 0 Å². The molecule has 59 heavy (non-hydrogen) atoms. The molecule has 2 rings (SSSR count). The van der Waals surface area contributed by atoms with Crippen molar-refractivity contribution in [2.45, 2.75) is 136 Å². The minimum absolute atomic E-state index is 0.0236. The highest BCUT2D eigenvalue weighted by molar-refractivity contribution is 5.87. The minimum atomic E-state index is -0.833. The number of amides is 2. The van der Waals surface area contributed by atoms with Gasteiger partial charge in [-0.1, -0.05) is 129 Å². The number of unbranched alkanes of at least 4 members (excludes halogenated alkanes) is 10. The summed E-state index contributed by atoms with van der Waals surface area (Å²) in [5.41, 5.74) is 2.14. The summed E-state index contributed by atoms with van der Waals surface area (Å²) in [5.74, 6) is -0.0317. The zero-order chi connectivity index (χ0) is 43.5. The Morgan fingerprint density at radius 1 is 0.542 bits per heavy atom. The lowest BCUT2D eigenvalue weighted by Crippen LogP contribution is -2.36. The van der Waals surface area contributed by atoms with E-state index in [0.29, 0.717) is 24.6 Å². The van der Waals surface area contributed by atoms with Crippen LogP contribution in [0.5, 0.6) is 11.5 Å². The van der Waals surface area contributed by atoms with Crippen LogP contribution >= 0.6 is 0 Å². The van der Waals surface area contributed by atoms with Crippen LogP contribution in [-0.2, 0) is 34.0 Å². The largest absolute Gasteiger partial charge is 0.490 e. The fourth-order valence-corrected chi connectivity index (χ4v) is 5.87. The average molecular weight is 823 g/mol. The van der Waals surface area contributed by atoms with Gasteiger partial charge in [-0.2, -0.15) is 0 Å². The minimum Gasteiger partial charge on any atom is -0.490 e. The second kappa shape index (κ2) is 28.4. The van der Waals surface area contributed by atoms with E-state index in [4.69, 9.17) is 28.4 Å². The van der Waals surface area contributed by atoms with Crippen LogP contribution < -0.4 is 20.1 Å². The first-order chi connectivity index (χ1) is 28.3. The van der Waals surface area contributed by atoms with E-state index in [1.807, 2.05) is 48.5 Å². The Labute approximate surface area is 352 Å². The molecule has 0 radical (unpaired) electrons. The summed E-state index contributed by atoms with van der Waals surface area (Å²) in [4.78, 5) is 49.2. The second-order valence-electron chi connectivity index (χ2n) is 15.5. The third-order valence-electron chi connectivity index (χ3n) is 9.67. The zero-order valence-electron chi connectivity index (χ0n) is 36.5. The van der Waals surface area contributed by atoms with Gasteiger partial charge in [-0.15, -0.1) is 0 Å². The summed E-state index contributed by atoms with van der Waals surface area (Å²) in [5, 5.41) is 5.56. The fourth-order valence-electron chi connectivity index (χ4n) is 5.87. The topological polar surface area (TPSA) is 148 Å². The summed E-state index contributed by atoms with van der Waals surface area (Å²) in [6.07, 6.45) is 10.4. The van der Waals surface area contributed by atoms with E-state index < -0.39 is 41.7 Å². The van der Waals surface area contributed by atoms with Crippen LogP contribution in [0.3, 0.4) is 0 Å². The van der Waals surface area contributed by atoms with Crippen LogP contribution in [0.25, 0.3) is 0 Å². The highest BCUT2D eigenvalue weighted by atomic mass is 16.6. The van der Waals surface area contributed by atoms with Gasteiger partial charge in [-0.05, 0) is 62.1 Å². The number of alkyl carbamates (subject to hydrolysis) is 2. The first kappa shape index (κ1) is 50.1. The van der Waals surface area contributed by atoms with Crippen LogP contribution in [0.4, 0.5) is 9.59 Å². The first-order valence-corrected chi connectivity index (χ1v) is 21.3. The standard InChI is InChI=1S/C47H70N2O10/c1-9-11-13-15-17-19-29-48-45(52)58-41(33-56-43(50)35(3)4)31-54-39-25-21-37(22-26-39)47(7,8)38-23-27-40(28-24-38)55-32-42(34-57-44(51)36(5)6)59-46(53)49-30-20-18-16-14-12-10-2/h21-28,41-42H,3,5,9-20,29-34H2,1-2,4,6-8H3,(H,48,52)(H,49,53). The SMILES string of the molecule is C=C(C)C(=O)OCC(COc1ccc(C(C)(C)c2ccc(OCC(COC(=O)C(=C)C)OC(=O)NCCCCCCCC)cc2)cc1)OC(=O)NCCCCCCCC. The van der Waals surface area contributed by atoms with Gasteiger partial charge in [0.1, 0.15) is 37.9 Å². The third-order valence-corrected chi connectivity index (χ3v) is 9.67. The molecule has 328 valence electrons. The lowest BCUT2D eigenvalue weighted by molar-refractivity contribution is -0.143. The quantitative estimate of drug-likeness (QED) is 0.0338. The van der Waals surface area contributed by atoms with E-state index in [0.717, 1.165) is 49.7 Å². The van der Waals surface area contributed by atoms with Crippen molar-refractivity contribution in [1.82, 2.24) is 10.6 Å². The molecule has 0 aliphatic carbocycles. The summed E-state index contributed by atoms with van der Waals surface area (Å²) >= 11 is 0. The Morgan fingerprint density at radius 3 is 1.22 bits per heavy atom. The lowest BCUT2D eigenvalue weighted by Gasteiger charge is -2.27. The lowest BCUT2D eigenvalue weighted by atomic mass is 9.78. The number of carbonyl (C=O) groups excluding carboxylic acids is 4. The molecule has 12 heteroatoms. The molecule has 0 heterocycles. The number of esters is 2. The molecular weight excluding hydrogens is 753 g/mol. The monoisotopic (exact) mass is 823 g/mol. The number of hydrogen-bond donors (Lipinski definition) is 2. The smallest absolute Gasteiger partial charge is 0.407 e. The number of ether oxygens (including phenoxy) is 6. The molecule has 0 aromatic heterocycles. The predicted molar refractivity (Wildman–Crippen MR) is 231 cm³/mol. The van der Waals surface area contributed by atoms with Gasteiger partial charge in [0.25, 0.3) is 0 Å². The van der Waals surface area contributed by atoms with Crippen LogP contribution in [0.2, 0.25) is 0 Å². The van der Waals surface area contributed by atoms with E-state index in [1.54, 1.807) is 13.8 Å². The summed E-state index contributed by atoms with van der Waals surface area (Å²) < 4.78 is 33.6. The maximum absolute atomic E-state index is 12.5. The molecule has 12 nitrogen and oxygen atoms in total. The Kier molecular flexibility index (Phi) is 24.2. The highest BCUT2D eigenvalue weighted by Crippen LogP contribution is 2.33. The first-order valence-electron chi connectivity index (χ1n) is 21.3. The summed E-state index contributed by atoms with van der Waals surface area (Å²) in [6, 6.07) is 15.2. The normalized spacial score (nSPS) is 12.0. The Hall–Kier alpha value is -5.00. The van der Waals surface area contributed by atoms with E-state index in [9.17, 15) is 19.2 Å². The van der Waals surface area contributed by atoms with Crippen LogP contribution in [0.15, 0.2) is 72.8 Å². The van der Waals surface area contributed by atoms with E-state index in [-0.39, 0.29) is 37.6 Å². The Bertz CT molecular complexity index is 1460. The van der Waals surface area contributed by atoms with Gasteiger partial charge in [0.05, 0.1) is 0 Å². The number of carbonyl (C=O) groups is 4. The molecule has 0 fully saturated rings. The van der Waals surface area contributed by atoms with Gasteiger partial charge in [-0.25, -0.2) is 19.2 Å². The van der Waals surface area contributed by atoms with Crippen molar-refractivity contribution in [3.8, 4) is 11.5 Å². The Morgan fingerprint density at radius 2 is 0.881 bits per heavy atom. The molecule has 2 amide bonds. The average Bonchev–Trinajstić information content (AvgIpc) is 3.22. The van der Waals surface area contributed by atoms with Crippen LogP contribution in [0.1, 0.15) is 130 Å². The second-order valence-corrected chi connectivity index (χ2v) is 15.5. The van der Waals surface area contributed by atoms with E-state index in [1.165, 1.54) is 38.5 Å². The van der Waals surface area contributed by atoms with Gasteiger partial charge < -0.3 is 39.1 Å². The molecule has 2 atom stereocenters. The van der Waals surface area contributed by atoms with E-state index >= 15 is 0 Å². The van der Waals surface area contributed by atoms with Crippen molar-refractivity contribution >= 4 is 24.1 Å². The fraction of sp³-hybridized carbons (Fsp3) is 0.574. The molecular formula is C47H70N2O10. The molecule has 0 aliphatic heterocycles. The summed E-state index contributed by atoms with van der Waals surface area (Å²) in [6.45, 7) is 19.5. The van der Waals surface area contributed by atoms with Crippen molar-refractivity contribution in [3.05, 3.63) is 84.0 Å². The highest BCUT2D eigenvalue weighted by Gasteiger charge is 2.24. The predicted octanol–water partition coefficient (Wildman–Crippen LogP) is 9.92. The van der Waals surface area contributed by atoms with Crippen molar-refractivity contribution in [1.29, 1.82) is 0 Å². The Balaban J connectivity index is 1.97. The number of hydrogen-bond acceptors (Lipinski definition) is 10. The van der Waals surface area contributed by atoms with Gasteiger partial charge in [0, 0.05) is 29.7 Å². The molecule has 0 spiro atoms. The molecule has 2 aromatic carbocycles. The van der Waals surface area contributed by atoms with Crippen LogP contribution in [-0.4, -0.2) is 75.9 Å². The molecule has 0 saturated heterocycles. The summed E-state index contributed by atoms with van der Waals surface area (Å²) in [7, 11) is 0. The van der Waals surface area contributed by atoms with E-state index in [2.05, 4.69) is 51.5 Å². The van der Waals surface area contributed by atoms with Crippen LogP contribution in [0, 0.1) is 0 Å². The van der Waals surface area contributed by atoms with Crippen molar-refractivity contribution < 1.29 is 47.6 Å². The van der Waals surface area contributed by atoms with Crippen molar-refractivity contribution in [2.75, 3.05) is 39.5 Å². The molecule has 2 N–H and O–H groups in total. The zero-order valence-corrected chi connectivity index (χ0v) is 36.5. The van der Waals surface area contributed by atoms with Gasteiger partial charge in [0.2, 0.25) is 0 Å². The maximum Gasteiger partial charge on any atom is 0.407 e. The van der Waals surface area contributed by atoms with Gasteiger partial charge in [0.15, 0.2) is 12.2 Å². The number of rotatable bonds is 30. The third kappa shape index (κ3) is 21.0. The number of benzene rings is 2.